The van der Waals surface area contributed by atoms with Crippen LogP contribution in [0.5, 0.6) is 0 Å². The normalized spacial score (nSPS) is 23.3. The van der Waals surface area contributed by atoms with Crippen molar-refractivity contribution < 1.29 is 13.2 Å². The van der Waals surface area contributed by atoms with Crippen LogP contribution in [0, 0.1) is 0 Å². The van der Waals surface area contributed by atoms with E-state index >= 15 is 0 Å². The van der Waals surface area contributed by atoms with E-state index in [1.165, 1.54) is 6.20 Å². The predicted molar refractivity (Wildman–Crippen MR) is 74.7 cm³/mol. The fourth-order valence-corrected chi connectivity index (χ4v) is 3.50. The zero-order valence-corrected chi connectivity index (χ0v) is 12.7. The first-order valence-electron chi connectivity index (χ1n) is 6.83. The quantitative estimate of drug-likeness (QED) is 0.676. The van der Waals surface area contributed by atoms with Crippen molar-refractivity contribution in [2.24, 2.45) is 0 Å². The van der Waals surface area contributed by atoms with Crippen molar-refractivity contribution in [3.05, 3.63) is 11.8 Å². The molecule has 2 rings (SSSR count). The molecule has 1 atom stereocenters. The Morgan fingerprint density at radius 3 is 3.00 bits per heavy atom. The molecule has 1 aromatic heterocycles. The number of hydrogen-bond donors (Lipinski definition) is 3. The molecule has 1 fully saturated rings. The van der Waals surface area contributed by atoms with Crippen molar-refractivity contribution >= 4 is 10.0 Å². The van der Waals surface area contributed by atoms with Crippen LogP contribution in [0.25, 0.3) is 0 Å². The summed E-state index contributed by atoms with van der Waals surface area (Å²) in [5.74, 6) is 0. The van der Waals surface area contributed by atoms with Crippen LogP contribution in [-0.2, 0) is 21.3 Å². The van der Waals surface area contributed by atoms with E-state index in [1.54, 1.807) is 0 Å². The number of aromatic nitrogens is 2. The average molecular weight is 302 g/mol. The molecular formula is C12H22N4O3S. The van der Waals surface area contributed by atoms with Gasteiger partial charge in [0.05, 0.1) is 11.8 Å². The maximum absolute atomic E-state index is 12.3. The predicted octanol–water partition coefficient (Wildman–Crippen LogP) is 0.367. The van der Waals surface area contributed by atoms with Gasteiger partial charge in [0.25, 0.3) is 10.0 Å². The van der Waals surface area contributed by atoms with Crippen molar-refractivity contribution in [2.75, 3.05) is 19.7 Å². The highest BCUT2D eigenvalue weighted by molar-refractivity contribution is 7.89. The molecule has 2 heterocycles. The van der Waals surface area contributed by atoms with Crippen molar-refractivity contribution in [1.29, 1.82) is 0 Å². The van der Waals surface area contributed by atoms with Gasteiger partial charge in [-0.1, -0.05) is 6.92 Å². The first-order chi connectivity index (χ1) is 9.47. The van der Waals surface area contributed by atoms with Gasteiger partial charge in [-0.25, -0.2) is 13.1 Å². The Labute approximate surface area is 119 Å². The Morgan fingerprint density at radius 1 is 1.55 bits per heavy atom. The highest BCUT2D eigenvalue weighted by atomic mass is 32.2. The molecule has 8 heteroatoms. The monoisotopic (exact) mass is 302 g/mol. The third-order valence-corrected chi connectivity index (χ3v) is 4.86. The summed E-state index contributed by atoms with van der Waals surface area (Å²) in [6.07, 6.45) is 3.36. The number of sulfonamides is 1. The number of nitrogens with one attached hydrogen (secondary N) is 3. The van der Waals surface area contributed by atoms with Gasteiger partial charge in [0.15, 0.2) is 5.03 Å². The average Bonchev–Trinajstić information content (AvgIpc) is 3.04. The minimum absolute atomic E-state index is 0.125. The van der Waals surface area contributed by atoms with E-state index in [9.17, 15) is 8.42 Å². The third-order valence-electron chi connectivity index (χ3n) is 3.45. The topological polar surface area (TPSA) is 96.1 Å². The standard InChI is InChI=1S/C12H22N4O3S/c1-3-13-7-10-8-14-16-11(10)20(17,18)15-9-12(2)5-4-6-19-12/h8,13,15H,3-7,9H2,1-2H3,(H,14,16). The molecule has 0 radical (unpaired) electrons. The summed E-state index contributed by atoms with van der Waals surface area (Å²) in [7, 11) is -3.59. The van der Waals surface area contributed by atoms with E-state index < -0.39 is 15.6 Å². The summed E-state index contributed by atoms with van der Waals surface area (Å²) in [4.78, 5) is 0. The van der Waals surface area contributed by atoms with Gasteiger partial charge in [0.1, 0.15) is 0 Å². The molecule has 3 N–H and O–H groups in total. The maximum Gasteiger partial charge on any atom is 0.257 e. The SMILES string of the molecule is CCNCc1cn[nH]c1S(=O)(=O)NCC1(C)CCCO1. The first kappa shape index (κ1) is 15.4. The minimum Gasteiger partial charge on any atom is -0.374 e. The summed E-state index contributed by atoms with van der Waals surface area (Å²) < 4.78 is 32.8. The lowest BCUT2D eigenvalue weighted by molar-refractivity contribution is 0.0250. The summed E-state index contributed by atoms with van der Waals surface area (Å²) >= 11 is 0. The van der Waals surface area contributed by atoms with Crippen LogP contribution in [0.3, 0.4) is 0 Å². The molecule has 0 saturated carbocycles. The van der Waals surface area contributed by atoms with Crippen LogP contribution in [0.1, 0.15) is 32.3 Å². The van der Waals surface area contributed by atoms with E-state index in [2.05, 4.69) is 20.2 Å². The molecule has 1 aliphatic rings. The fourth-order valence-electron chi connectivity index (χ4n) is 2.21. The third kappa shape index (κ3) is 3.57. The highest BCUT2D eigenvalue weighted by Crippen LogP contribution is 2.24. The number of H-pyrrole nitrogens is 1. The van der Waals surface area contributed by atoms with Gasteiger partial charge in [-0.3, -0.25) is 5.10 Å². The zero-order valence-electron chi connectivity index (χ0n) is 11.9. The summed E-state index contributed by atoms with van der Waals surface area (Å²) in [6.45, 7) is 6.09. The number of aromatic amines is 1. The molecule has 114 valence electrons. The Balaban J connectivity index is 2.04. The summed E-state index contributed by atoms with van der Waals surface area (Å²) in [5.41, 5.74) is 0.228. The molecule has 7 nitrogen and oxygen atoms in total. The minimum atomic E-state index is -3.59. The molecule has 1 aliphatic heterocycles. The molecule has 0 amide bonds. The van der Waals surface area contributed by atoms with Crippen LogP contribution in [0.4, 0.5) is 0 Å². The molecular weight excluding hydrogens is 280 g/mol. The molecule has 0 bridgehead atoms. The van der Waals surface area contributed by atoms with Gasteiger partial charge in [0.2, 0.25) is 0 Å². The first-order valence-corrected chi connectivity index (χ1v) is 8.32. The second-order valence-corrected chi connectivity index (χ2v) is 6.93. The fraction of sp³-hybridized carbons (Fsp3) is 0.750. The van der Waals surface area contributed by atoms with Crippen molar-refractivity contribution in [1.82, 2.24) is 20.2 Å². The summed E-state index contributed by atoms with van der Waals surface area (Å²) in [6, 6.07) is 0. The van der Waals surface area contributed by atoms with Crippen LogP contribution >= 0.6 is 0 Å². The van der Waals surface area contributed by atoms with E-state index in [4.69, 9.17) is 4.74 Å². The molecule has 0 aliphatic carbocycles. The molecule has 1 saturated heterocycles. The lowest BCUT2D eigenvalue weighted by Gasteiger charge is -2.23. The maximum atomic E-state index is 12.3. The van der Waals surface area contributed by atoms with E-state index in [0.29, 0.717) is 18.7 Å². The number of rotatable bonds is 7. The Bertz CT molecular complexity index is 535. The second kappa shape index (κ2) is 6.21. The number of nitrogens with zero attached hydrogens (tertiary/aromatic N) is 1. The number of ether oxygens (including phenoxy) is 1. The smallest absolute Gasteiger partial charge is 0.257 e. The van der Waals surface area contributed by atoms with Gasteiger partial charge in [0, 0.05) is 25.3 Å². The second-order valence-electron chi connectivity index (χ2n) is 5.23. The Morgan fingerprint density at radius 2 is 2.35 bits per heavy atom. The molecule has 1 aromatic rings. The van der Waals surface area contributed by atoms with Crippen molar-refractivity contribution in [3.63, 3.8) is 0 Å². The lowest BCUT2D eigenvalue weighted by Crippen LogP contribution is -2.40. The molecule has 0 aromatic carbocycles. The van der Waals surface area contributed by atoms with Crippen LogP contribution in [-0.4, -0.2) is 43.9 Å². The number of hydrogen-bond acceptors (Lipinski definition) is 5. The van der Waals surface area contributed by atoms with Crippen molar-refractivity contribution in [2.45, 2.75) is 43.9 Å². The largest absolute Gasteiger partial charge is 0.374 e. The van der Waals surface area contributed by atoms with E-state index in [-0.39, 0.29) is 11.6 Å². The highest BCUT2D eigenvalue weighted by Gasteiger charge is 2.32. The molecule has 1 unspecified atom stereocenters. The van der Waals surface area contributed by atoms with Gasteiger partial charge < -0.3 is 10.1 Å². The van der Waals surface area contributed by atoms with Crippen molar-refractivity contribution in [3.8, 4) is 0 Å². The van der Waals surface area contributed by atoms with Crippen LogP contribution < -0.4 is 10.0 Å². The van der Waals surface area contributed by atoms with Gasteiger partial charge in [-0.2, -0.15) is 5.10 Å². The lowest BCUT2D eigenvalue weighted by atomic mass is 10.0. The van der Waals surface area contributed by atoms with Gasteiger partial charge in [-0.15, -0.1) is 0 Å². The molecule has 20 heavy (non-hydrogen) atoms. The zero-order chi connectivity index (χ0) is 14.6. The van der Waals surface area contributed by atoms with Crippen LogP contribution in [0.15, 0.2) is 11.2 Å². The van der Waals surface area contributed by atoms with Gasteiger partial charge >= 0.3 is 0 Å². The van der Waals surface area contributed by atoms with E-state index in [0.717, 1.165) is 19.4 Å². The van der Waals surface area contributed by atoms with E-state index in [1.807, 2.05) is 13.8 Å². The Kier molecular flexibility index (Phi) is 4.79. The molecule has 0 spiro atoms. The Hall–Kier alpha value is -0.960. The van der Waals surface area contributed by atoms with Crippen LogP contribution in [0.2, 0.25) is 0 Å². The summed E-state index contributed by atoms with van der Waals surface area (Å²) in [5, 5.41) is 9.60. The van der Waals surface area contributed by atoms with Gasteiger partial charge in [-0.05, 0) is 26.3 Å².